The Labute approximate surface area is 223 Å². The number of β-lactam (4-membered cyclic amide) rings is 1. The molecule has 210 valence electrons. The molecule has 37 heavy (non-hydrogen) atoms. The highest BCUT2D eigenvalue weighted by molar-refractivity contribution is 6.74. The summed E-state index contributed by atoms with van der Waals surface area (Å²) in [6.07, 6.45) is 4.92. The summed E-state index contributed by atoms with van der Waals surface area (Å²) in [4.78, 5) is 48.7. The molecule has 0 saturated carbocycles. The number of hydrogen-bond acceptors (Lipinski definition) is 6. The number of ketones is 1. The maximum absolute atomic E-state index is 12.8. The van der Waals surface area contributed by atoms with Gasteiger partial charge in [-0.1, -0.05) is 39.5 Å². The number of nitrogens with zero attached hydrogens (tertiary/aromatic N) is 1. The highest BCUT2D eigenvalue weighted by Gasteiger charge is 2.47. The van der Waals surface area contributed by atoms with Gasteiger partial charge in [0, 0.05) is 26.9 Å². The minimum Gasteiger partial charge on any atom is -0.445 e. The molecule has 2 aliphatic rings. The zero-order valence-corrected chi connectivity index (χ0v) is 25.1. The monoisotopic (exact) mass is 537 g/mol. The predicted octanol–water partition coefficient (Wildman–Crippen LogP) is 3.96. The third kappa shape index (κ3) is 9.41. The van der Waals surface area contributed by atoms with Crippen LogP contribution in [0.25, 0.3) is 0 Å². The first-order chi connectivity index (χ1) is 17.0. The summed E-state index contributed by atoms with van der Waals surface area (Å²) in [5.74, 6) is -0.253. The predicted molar refractivity (Wildman–Crippen MR) is 148 cm³/mol. The second-order valence-corrected chi connectivity index (χ2v) is 16.0. The van der Waals surface area contributed by atoms with Gasteiger partial charge in [-0.3, -0.25) is 14.4 Å². The molecule has 0 spiro atoms. The number of likely N-dealkylation sites (tertiary alicyclic amines) is 1. The number of allylic oxidation sites excluding steroid dienone is 1. The molecule has 0 aliphatic carbocycles. The third-order valence-corrected chi connectivity index (χ3v) is 12.0. The van der Waals surface area contributed by atoms with E-state index < -0.39 is 14.4 Å². The largest absolute Gasteiger partial charge is 0.445 e. The van der Waals surface area contributed by atoms with Crippen molar-refractivity contribution in [1.29, 1.82) is 0 Å². The second kappa shape index (κ2) is 13.9. The van der Waals surface area contributed by atoms with Crippen molar-refractivity contribution in [3.05, 3.63) is 24.3 Å². The van der Waals surface area contributed by atoms with Crippen molar-refractivity contribution in [1.82, 2.24) is 15.5 Å². The fourth-order valence-corrected chi connectivity index (χ4v) is 5.62. The van der Waals surface area contributed by atoms with Crippen LogP contribution in [0.3, 0.4) is 0 Å². The fraction of sp³-hybridized carbons (Fsp3) is 0.704. The van der Waals surface area contributed by atoms with E-state index in [0.29, 0.717) is 5.57 Å². The molecule has 0 radical (unpaired) electrons. The lowest BCUT2D eigenvalue weighted by molar-refractivity contribution is -0.141. The molecule has 2 fully saturated rings. The molecule has 0 aromatic heterocycles. The quantitative estimate of drug-likeness (QED) is 0.199. The van der Waals surface area contributed by atoms with E-state index in [1.165, 1.54) is 13.1 Å². The first kappa shape index (κ1) is 32.6. The number of ether oxygens (including phenoxy) is 1. The van der Waals surface area contributed by atoms with Crippen LogP contribution >= 0.6 is 0 Å². The number of carbonyl (C=O) groups is 4. The van der Waals surface area contributed by atoms with Crippen LogP contribution in [-0.4, -0.2) is 75.3 Å². The van der Waals surface area contributed by atoms with Crippen molar-refractivity contribution in [3.8, 4) is 0 Å². The zero-order valence-electron chi connectivity index (χ0n) is 24.1. The van der Waals surface area contributed by atoms with Crippen molar-refractivity contribution in [2.24, 2.45) is 5.92 Å². The summed E-state index contributed by atoms with van der Waals surface area (Å²) in [6, 6.07) is -0.185. The normalized spacial score (nSPS) is 22.6. The van der Waals surface area contributed by atoms with Gasteiger partial charge in [-0.25, -0.2) is 4.79 Å². The van der Waals surface area contributed by atoms with Crippen molar-refractivity contribution < 1.29 is 28.3 Å². The van der Waals surface area contributed by atoms with E-state index in [4.69, 9.17) is 4.43 Å². The smallest absolute Gasteiger partial charge is 0.407 e. The molecule has 10 heteroatoms. The first-order valence-electron chi connectivity index (χ1n) is 13.0. The Balaban J connectivity index is 0.000000738. The minimum absolute atomic E-state index is 0.00377. The maximum atomic E-state index is 12.8. The van der Waals surface area contributed by atoms with Gasteiger partial charge >= 0.3 is 6.09 Å². The van der Waals surface area contributed by atoms with Crippen LogP contribution in [-0.2, 0) is 23.5 Å². The lowest BCUT2D eigenvalue weighted by Gasteiger charge is -2.45. The van der Waals surface area contributed by atoms with E-state index in [2.05, 4.69) is 55.8 Å². The molecule has 9 nitrogen and oxygen atoms in total. The van der Waals surface area contributed by atoms with Crippen molar-refractivity contribution in [2.45, 2.75) is 97.1 Å². The van der Waals surface area contributed by atoms with E-state index in [0.717, 1.165) is 19.4 Å². The number of rotatable bonds is 9. The Morgan fingerprint density at radius 3 is 2.38 bits per heavy atom. The third-order valence-electron chi connectivity index (χ3n) is 7.38. The SMILES string of the molecule is C=CCOC(=O)NC.CC(=O)N1CCC[C@H]1C=C(C)C(=O)C[C@H]1NC(=O)[C@@H]1[C@@H](C)O[Si](C)(C)C(C)(C)C. The van der Waals surface area contributed by atoms with E-state index >= 15 is 0 Å². The molecule has 2 rings (SSSR count). The summed E-state index contributed by atoms with van der Waals surface area (Å²) < 4.78 is 10.9. The Bertz CT molecular complexity index is 880. The summed E-state index contributed by atoms with van der Waals surface area (Å²) in [5.41, 5.74) is 0.668. The Hall–Kier alpha value is -2.46. The van der Waals surface area contributed by atoms with Gasteiger partial charge in [0.25, 0.3) is 0 Å². The Kier molecular flexibility index (Phi) is 12.2. The van der Waals surface area contributed by atoms with Crippen LogP contribution in [0.15, 0.2) is 24.3 Å². The Morgan fingerprint density at radius 1 is 1.27 bits per heavy atom. The van der Waals surface area contributed by atoms with Gasteiger partial charge in [0.1, 0.15) is 6.61 Å². The van der Waals surface area contributed by atoms with Crippen LogP contribution in [0.5, 0.6) is 0 Å². The molecule has 2 N–H and O–H groups in total. The second-order valence-electron chi connectivity index (χ2n) is 11.3. The average molecular weight is 538 g/mol. The lowest BCUT2D eigenvalue weighted by atomic mass is 9.82. The average Bonchev–Trinajstić information content (AvgIpc) is 3.24. The van der Waals surface area contributed by atoms with Gasteiger partial charge in [-0.15, -0.1) is 0 Å². The molecule has 4 atom stereocenters. The molecule has 0 aromatic carbocycles. The highest BCUT2D eigenvalue weighted by atomic mass is 28.4. The van der Waals surface area contributed by atoms with Crippen LogP contribution in [0.4, 0.5) is 4.79 Å². The molecule has 2 heterocycles. The molecule has 0 unspecified atom stereocenters. The topological polar surface area (TPSA) is 114 Å². The standard InChI is InChI=1S/C22H38N2O4Si.C5H9NO2/c1-14(12-17-10-9-11-24(17)16(3)25)19(26)13-18-20(21(27)23-18)15(2)28-29(7,8)22(4,5)6;1-3-4-8-5(7)6-2/h12,15,17-18,20H,9-11,13H2,1-8H3,(H,23,27);3H,1,4H2,2H3,(H,6,7)/t15-,17+,18-,20-;/m1./s1. The molecular formula is C27H47N3O6Si. The van der Waals surface area contributed by atoms with Gasteiger partial charge in [0.05, 0.1) is 24.1 Å². The van der Waals surface area contributed by atoms with Crippen molar-refractivity contribution in [3.63, 3.8) is 0 Å². The number of hydrogen-bond donors (Lipinski definition) is 2. The molecule has 3 amide bonds. The van der Waals surface area contributed by atoms with Gasteiger partial charge in [0.2, 0.25) is 11.8 Å². The summed E-state index contributed by atoms with van der Waals surface area (Å²) in [5, 5.41) is 5.24. The van der Waals surface area contributed by atoms with E-state index in [1.54, 1.807) is 6.92 Å². The van der Waals surface area contributed by atoms with E-state index in [1.807, 2.05) is 24.8 Å². The number of carbonyl (C=O) groups excluding carboxylic acids is 4. The maximum Gasteiger partial charge on any atom is 0.407 e. The lowest BCUT2D eigenvalue weighted by Crippen LogP contribution is -2.64. The summed E-state index contributed by atoms with van der Waals surface area (Å²) in [6.45, 7) is 20.6. The number of amides is 3. The number of alkyl carbamates (subject to hydrolysis) is 1. The van der Waals surface area contributed by atoms with Crippen LogP contribution in [0, 0.1) is 5.92 Å². The number of nitrogens with one attached hydrogen (secondary N) is 2. The van der Waals surface area contributed by atoms with Crippen molar-refractivity contribution in [2.75, 3.05) is 20.2 Å². The molecule has 0 aromatic rings. The number of Topliss-reactive ketones (excluding diaryl/α,β-unsaturated/α-hetero) is 1. The van der Waals surface area contributed by atoms with Crippen LogP contribution in [0.2, 0.25) is 18.1 Å². The van der Waals surface area contributed by atoms with Crippen molar-refractivity contribution >= 4 is 32.0 Å². The fourth-order valence-electron chi connectivity index (χ4n) is 4.19. The Morgan fingerprint density at radius 2 is 1.89 bits per heavy atom. The van der Waals surface area contributed by atoms with Crippen LogP contribution < -0.4 is 10.6 Å². The van der Waals surface area contributed by atoms with Gasteiger partial charge < -0.3 is 24.7 Å². The first-order valence-corrected chi connectivity index (χ1v) is 15.9. The minimum atomic E-state index is -1.99. The summed E-state index contributed by atoms with van der Waals surface area (Å²) in [7, 11) is -0.486. The van der Waals surface area contributed by atoms with E-state index in [9.17, 15) is 19.2 Å². The molecule has 2 saturated heterocycles. The van der Waals surface area contributed by atoms with E-state index in [-0.39, 0.29) is 59.8 Å². The van der Waals surface area contributed by atoms with Gasteiger partial charge in [-0.05, 0) is 50.4 Å². The van der Waals surface area contributed by atoms with Gasteiger partial charge in [-0.2, -0.15) is 0 Å². The molecular weight excluding hydrogens is 490 g/mol. The summed E-state index contributed by atoms with van der Waals surface area (Å²) >= 11 is 0. The zero-order chi connectivity index (χ0) is 28.6. The van der Waals surface area contributed by atoms with Crippen LogP contribution in [0.1, 0.15) is 60.8 Å². The highest BCUT2D eigenvalue weighted by Crippen LogP contribution is 2.39. The molecule has 0 bridgehead atoms. The van der Waals surface area contributed by atoms with Gasteiger partial charge in [0.15, 0.2) is 14.1 Å². The molecule has 2 aliphatic heterocycles.